The predicted octanol–water partition coefficient (Wildman–Crippen LogP) is -0.956. The number of amides is 3. The van der Waals surface area contributed by atoms with Crippen LogP contribution >= 0.6 is 0 Å². The molecule has 0 bridgehead atoms. The minimum absolute atomic E-state index is 0.238. The van der Waals surface area contributed by atoms with E-state index in [0.29, 0.717) is 25.3 Å². The molecule has 15 heavy (non-hydrogen) atoms. The second-order valence-corrected chi connectivity index (χ2v) is 4.01. The molecule has 1 heterocycles. The average Bonchev–Trinajstić information content (AvgIpc) is 2.79. The molecule has 0 atom stereocenters. The molecule has 3 amide bonds. The van der Waals surface area contributed by atoms with E-state index < -0.39 is 6.03 Å². The number of nitrogens with two attached hydrogens (primary N) is 1. The van der Waals surface area contributed by atoms with E-state index in [0.717, 1.165) is 12.8 Å². The van der Waals surface area contributed by atoms with Crippen LogP contribution in [-0.2, 0) is 9.53 Å². The molecule has 6 heteroatoms. The number of carbonyl (C=O) groups excluding carboxylic acids is 2. The maximum Gasteiger partial charge on any atom is 0.318 e. The van der Waals surface area contributed by atoms with E-state index >= 15 is 0 Å². The predicted molar refractivity (Wildman–Crippen MR) is 52.1 cm³/mol. The molecule has 2 rings (SSSR count). The summed E-state index contributed by atoms with van der Waals surface area (Å²) in [6.45, 7) is 1.60. The summed E-state index contributed by atoms with van der Waals surface area (Å²) in [6.07, 6.45) is 2.25. The van der Waals surface area contributed by atoms with Gasteiger partial charge in [0.15, 0.2) is 0 Å². The number of nitrogens with one attached hydrogen (secondary N) is 1. The molecule has 0 spiro atoms. The Hall–Kier alpha value is -1.14. The van der Waals surface area contributed by atoms with Crippen LogP contribution in [0.2, 0.25) is 0 Å². The lowest BCUT2D eigenvalue weighted by molar-refractivity contribution is -0.126. The normalized spacial score (nSPS) is 21.1. The molecule has 0 unspecified atom stereocenters. The summed E-state index contributed by atoms with van der Waals surface area (Å²) in [5, 5.41) is 2.08. The van der Waals surface area contributed by atoms with Crippen LogP contribution in [0.3, 0.4) is 0 Å². The fourth-order valence-corrected chi connectivity index (χ4v) is 1.72. The summed E-state index contributed by atoms with van der Waals surface area (Å²) in [5.74, 6) is -0.332. The van der Waals surface area contributed by atoms with Crippen molar-refractivity contribution in [3.05, 3.63) is 0 Å². The van der Waals surface area contributed by atoms with Crippen molar-refractivity contribution >= 4 is 11.9 Å². The highest BCUT2D eigenvalue weighted by molar-refractivity contribution is 5.94. The highest BCUT2D eigenvalue weighted by Gasteiger charge is 2.38. The number of ether oxygens (including phenoxy) is 1. The largest absolute Gasteiger partial charge is 0.378 e. The van der Waals surface area contributed by atoms with Crippen molar-refractivity contribution in [2.75, 3.05) is 19.8 Å². The standard InChI is InChI=1S/C9H15N3O3/c10-9(14)11-8(13)3-12(6-1-2-6)7-4-15-5-7/h6-7H,1-5H2,(H3,10,11,13,14). The van der Waals surface area contributed by atoms with Gasteiger partial charge < -0.3 is 10.5 Å². The quantitative estimate of drug-likeness (QED) is 0.630. The van der Waals surface area contributed by atoms with E-state index in [-0.39, 0.29) is 12.5 Å². The second-order valence-electron chi connectivity index (χ2n) is 4.01. The lowest BCUT2D eigenvalue weighted by atomic mass is 10.2. The van der Waals surface area contributed by atoms with E-state index in [1.54, 1.807) is 0 Å². The van der Waals surface area contributed by atoms with Crippen molar-refractivity contribution in [2.45, 2.75) is 24.9 Å². The van der Waals surface area contributed by atoms with Gasteiger partial charge in [0.2, 0.25) is 5.91 Å². The lowest BCUT2D eigenvalue weighted by Crippen LogP contribution is -2.54. The van der Waals surface area contributed by atoms with Crippen LogP contribution in [0.1, 0.15) is 12.8 Å². The summed E-state index contributed by atoms with van der Waals surface area (Å²) >= 11 is 0. The summed E-state index contributed by atoms with van der Waals surface area (Å²) in [6, 6.07) is 0.0225. The van der Waals surface area contributed by atoms with E-state index in [1.807, 2.05) is 0 Å². The van der Waals surface area contributed by atoms with E-state index in [9.17, 15) is 9.59 Å². The van der Waals surface area contributed by atoms with Crippen LogP contribution in [0.4, 0.5) is 4.79 Å². The highest BCUT2D eigenvalue weighted by atomic mass is 16.5. The first kappa shape index (κ1) is 10.4. The third-order valence-electron chi connectivity index (χ3n) is 2.69. The molecule has 0 aromatic rings. The van der Waals surface area contributed by atoms with Gasteiger partial charge in [0.05, 0.1) is 25.8 Å². The Morgan fingerprint density at radius 2 is 2.00 bits per heavy atom. The highest BCUT2D eigenvalue weighted by Crippen LogP contribution is 2.30. The lowest BCUT2D eigenvalue weighted by Gasteiger charge is -2.36. The number of carbonyl (C=O) groups is 2. The zero-order chi connectivity index (χ0) is 10.8. The summed E-state index contributed by atoms with van der Waals surface area (Å²) < 4.78 is 5.09. The number of rotatable bonds is 4. The molecule has 1 aliphatic carbocycles. The van der Waals surface area contributed by atoms with Crippen molar-refractivity contribution in [1.82, 2.24) is 10.2 Å². The fraction of sp³-hybridized carbons (Fsp3) is 0.778. The molecule has 0 aromatic heterocycles. The average molecular weight is 213 g/mol. The number of nitrogens with zero attached hydrogens (tertiary/aromatic N) is 1. The van der Waals surface area contributed by atoms with E-state index in [4.69, 9.17) is 10.5 Å². The van der Waals surface area contributed by atoms with Gasteiger partial charge in [-0.2, -0.15) is 0 Å². The van der Waals surface area contributed by atoms with Crippen molar-refractivity contribution < 1.29 is 14.3 Å². The second kappa shape index (κ2) is 4.16. The number of imide groups is 1. The number of urea groups is 1. The monoisotopic (exact) mass is 213 g/mol. The third kappa shape index (κ3) is 2.66. The Morgan fingerprint density at radius 3 is 2.40 bits per heavy atom. The zero-order valence-corrected chi connectivity index (χ0v) is 8.44. The summed E-state index contributed by atoms with van der Waals surface area (Å²) in [5.41, 5.74) is 4.87. The zero-order valence-electron chi connectivity index (χ0n) is 8.44. The Bertz CT molecular complexity index is 274. The van der Waals surface area contributed by atoms with Gasteiger partial charge in [0.25, 0.3) is 0 Å². The molecule has 0 radical (unpaired) electrons. The van der Waals surface area contributed by atoms with E-state index in [2.05, 4.69) is 10.2 Å². The molecule has 6 nitrogen and oxygen atoms in total. The van der Waals surface area contributed by atoms with E-state index in [1.165, 1.54) is 0 Å². The van der Waals surface area contributed by atoms with Gasteiger partial charge in [-0.25, -0.2) is 4.79 Å². The van der Waals surface area contributed by atoms with Crippen LogP contribution in [0, 0.1) is 0 Å². The molecular weight excluding hydrogens is 198 g/mol. The van der Waals surface area contributed by atoms with Gasteiger partial charge in [-0.15, -0.1) is 0 Å². The number of hydrogen-bond donors (Lipinski definition) is 2. The van der Waals surface area contributed by atoms with Crippen LogP contribution in [0.15, 0.2) is 0 Å². The SMILES string of the molecule is NC(=O)NC(=O)CN(C1CC1)C1COC1. The topological polar surface area (TPSA) is 84.7 Å². The molecule has 3 N–H and O–H groups in total. The van der Waals surface area contributed by atoms with Crippen LogP contribution in [0.25, 0.3) is 0 Å². The van der Waals surface area contributed by atoms with Crippen molar-refractivity contribution in [3.8, 4) is 0 Å². The Labute approximate surface area is 87.7 Å². The maximum atomic E-state index is 11.3. The fourth-order valence-electron chi connectivity index (χ4n) is 1.72. The van der Waals surface area contributed by atoms with Crippen LogP contribution in [-0.4, -0.2) is 48.7 Å². The Morgan fingerprint density at radius 1 is 1.33 bits per heavy atom. The number of hydrogen-bond acceptors (Lipinski definition) is 4. The minimum atomic E-state index is -0.791. The maximum absolute atomic E-state index is 11.3. The van der Waals surface area contributed by atoms with Gasteiger partial charge in [-0.05, 0) is 12.8 Å². The molecule has 2 aliphatic rings. The smallest absolute Gasteiger partial charge is 0.318 e. The van der Waals surface area contributed by atoms with Crippen LogP contribution < -0.4 is 11.1 Å². The van der Waals surface area contributed by atoms with Crippen molar-refractivity contribution in [1.29, 1.82) is 0 Å². The molecule has 1 saturated carbocycles. The summed E-state index contributed by atoms with van der Waals surface area (Å²) in [7, 11) is 0. The van der Waals surface area contributed by atoms with Crippen LogP contribution in [0.5, 0.6) is 0 Å². The molecule has 2 fully saturated rings. The van der Waals surface area contributed by atoms with Gasteiger partial charge in [-0.1, -0.05) is 0 Å². The Balaban J connectivity index is 1.82. The first-order valence-electron chi connectivity index (χ1n) is 5.09. The first-order valence-corrected chi connectivity index (χ1v) is 5.09. The first-order chi connectivity index (χ1) is 7.16. The molecule has 1 saturated heterocycles. The Kier molecular flexibility index (Phi) is 2.88. The number of primary amides is 1. The van der Waals surface area contributed by atoms with Crippen molar-refractivity contribution in [2.24, 2.45) is 5.73 Å². The van der Waals surface area contributed by atoms with Gasteiger partial charge in [0, 0.05) is 6.04 Å². The minimum Gasteiger partial charge on any atom is -0.378 e. The molecular formula is C9H15N3O3. The van der Waals surface area contributed by atoms with Gasteiger partial charge >= 0.3 is 6.03 Å². The third-order valence-corrected chi connectivity index (χ3v) is 2.69. The van der Waals surface area contributed by atoms with Gasteiger partial charge in [-0.3, -0.25) is 15.0 Å². The summed E-state index contributed by atoms with van der Waals surface area (Å²) in [4.78, 5) is 23.9. The van der Waals surface area contributed by atoms with Gasteiger partial charge in [0.1, 0.15) is 0 Å². The molecule has 0 aromatic carbocycles. The molecule has 1 aliphatic heterocycles. The molecule has 84 valence electrons. The van der Waals surface area contributed by atoms with Crippen molar-refractivity contribution in [3.63, 3.8) is 0 Å².